The summed E-state index contributed by atoms with van der Waals surface area (Å²) in [5, 5.41) is 10.5. The van der Waals surface area contributed by atoms with Crippen molar-refractivity contribution in [3.8, 4) is 0 Å². The van der Waals surface area contributed by atoms with Crippen LogP contribution >= 0.6 is 0 Å². The van der Waals surface area contributed by atoms with Gasteiger partial charge in [0.05, 0.1) is 18.4 Å². The van der Waals surface area contributed by atoms with Crippen molar-refractivity contribution >= 4 is 11.9 Å². The summed E-state index contributed by atoms with van der Waals surface area (Å²) in [4.78, 5) is 24.4. The average molecular weight is 342 g/mol. The quantitative estimate of drug-likeness (QED) is 0.790. The number of hydrogen-bond donors (Lipinski definition) is 1. The van der Waals surface area contributed by atoms with Crippen molar-refractivity contribution in [1.29, 1.82) is 0 Å². The van der Waals surface area contributed by atoms with Crippen LogP contribution in [0.2, 0.25) is 0 Å². The Kier molecular flexibility index (Phi) is 8.20. The van der Waals surface area contributed by atoms with E-state index in [0.29, 0.717) is 6.42 Å². The van der Waals surface area contributed by atoms with Gasteiger partial charge in [-0.1, -0.05) is 26.2 Å². The van der Waals surface area contributed by atoms with Crippen molar-refractivity contribution in [2.24, 2.45) is 11.8 Å². The van der Waals surface area contributed by atoms with Crippen LogP contribution in [-0.2, 0) is 19.1 Å². The fourth-order valence-electron chi connectivity index (χ4n) is 3.27. The second kappa shape index (κ2) is 9.40. The minimum absolute atomic E-state index is 0.0390. The lowest BCUT2D eigenvalue weighted by Crippen LogP contribution is -2.38. The van der Waals surface area contributed by atoms with Crippen LogP contribution in [0.4, 0.5) is 0 Å². The van der Waals surface area contributed by atoms with Crippen LogP contribution in [0.3, 0.4) is 0 Å². The molecule has 0 aliphatic carbocycles. The second-order valence-corrected chi connectivity index (χ2v) is 7.95. The molecule has 0 aromatic carbocycles. The van der Waals surface area contributed by atoms with E-state index in [1.165, 1.54) is 0 Å². The van der Waals surface area contributed by atoms with E-state index < -0.39 is 29.7 Å². The first-order valence-electron chi connectivity index (χ1n) is 9.24. The van der Waals surface area contributed by atoms with E-state index in [1.54, 1.807) is 6.92 Å². The van der Waals surface area contributed by atoms with Crippen molar-refractivity contribution in [2.45, 2.75) is 97.4 Å². The number of carbonyl (C=O) groups is 2. The van der Waals surface area contributed by atoms with Crippen LogP contribution in [0, 0.1) is 11.8 Å². The summed E-state index contributed by atoms with van der Waals surface area (Å²) in [5.74, 6) is -1.10. The minimum atomic E-state index is -0.644. The summed E-state index contributed by atoms with van der Waals surface area (Å²) in [5.41, 5.74) is -0.562. The standard InChI is InChI=1S/C19H34O5/c1-6-9-14-10-7-8-11-15(12-16(20)24-19(3,4)5)18(22)23-13(2)17(14)21/h13-15,17,21H,6-12H2,1-5H3/t13-,14-,15+,17-/m0/s1. The first kappa shape index (κ1) is 20.9. The van der Waals surface area contributed by atoms with E-state index in [9.17, 15) is 14.7 Å². The normalized spacial score (nSPS) is 29.7. The number of ether oxygens (including phenoxy) is 2. The van der Waals surface area contributed by atoms with Gasteiger partial charge in [0.2, 0.25) is 0 Å². The number of carbonyl (C=O) groups excluding carboxylic acids is 2. The topological polar surface area (TPSA) is 72.8 Å². The highest BCUT2D eigenvalue weighted by atomic mass is 16.6. The van der Waals surface area contributed by atoms with Crippen molar-refractivity contribution < 1.29 is 24.2 Å². The number of hydrogen-bond acceptors (Lipinski definition) is 5. The van der Waals surface area contributed by atoms with Crippen LogP contribution in [-0.4, -0.2) is 34.9 Å². The van der Waals surface area contributed by atoms with Crippen LogP contribution in [0.25, 0.3) is 0 Å². The van der Waals surface area contributed by atoms with E-state index >= 15 is 0 Å². The van der Waals surface area contributed by atoms with Gasteiger partial charge in [-0.15, -0.1) is 0 Å². The van der Waals surface area contributed by atoms with Crippen LogP contribution < -0.4 is 0 Å². The van der Waals surface area contributed by atoms with Crippen molar-refractivity contribution in [3.63, 3.8) is 0 Å². The third-order valence-corrected chi connectivity index (χ3v) is 4.47. The van der Waals surface area contributed by atoms with Crippen molar-refractivity contribution in [3.05, 3.63) is 0 Å². The van der Waals surface area contributed by atoms with Gasteiger partial charge < -0.3 is 14.6 Å². The van der Waals surface area contributed by atoms with E-state index in [2.05, 4.69) is 6.92 Å². The largest absolute Gasteiger partial charge is 0.460 e. The third kappa shape index (κ3) is 7.20. The predicted molar refractivity (Wildman–Crippen MR) is 92.4 cm³/mol. The predicted octanol–water partition coefficient (Wildman–Crippen LogP) is 3.62. The molecule has 5 nitrogen and oxygen atoms in total. The zero-order valence-corrected chi connectivity index (χ0v) is 15.8. The highest BCUT2D eigenvalue weighted by Crippen LogP contribution is 2.27. The van der Waals surface area contributed by atoms with Crippen LogP contribution in [0.15, 0.2) is 0 Å². The van der Waals surface area contributed by atoms with Gasteiger partial charge in [0, 0.05) is 0 Å². The molecule has 0 amide bonds. The zero-order valence-electron chi connectivity index (χ0n) is 15.8. The fraction of sp³-hybridized carbons (Fsp3) is 0.895. The highest BCUT2D eigenvalue weighted by Gasteiger charge is 2.32. The lowest BCUT2D eigenvalue weighted by atomic mass is 9.86. The zero-order chi connectivity index (χ0) is 18.3. The van der Waals surface area contributed by atoms with Crippen molar-refractivity contribution in [2.75, 3.05) is 0 Å². The molecule has 5 heteroatoms. The number of aliphatic hydroxyl groups is 1. The Morgan fingerprint density at radius 3 is 2.50 bits per heavy atom. The second-order valence-electron chi connectivity index (χ2n) is 7.95. The first-order chi connectivity index (χ1) is 11.1. The van der Waals surface area contributed by atoms with Crippen molar-refractivity contribution in [1.82, 2.24) is 0 Å². The van der Waals surface area contributed by atoms with Gasteiger partial charge in [-0.3, -0.25) is 9.59 Å². The lowest BCUT2D eigenvalue weighted by molar-refractivity contribution is -0.168. The molecule has 4 atom stereocenters. The van der Waals surface area contributed by atoms with E-state index in [0.717, 1.165) is 32.1 Å². The maximum absolute atomic E-state index is 12.4. The molecule has 0 bridgehead atoms. The van der Waals surface area contributed by atoms with E-state index in [4.69, 9.17) is 9.47 Å². The molecule has 0 unspecified atom stereocenters. The summed E-state index contributed by atoms with van der Waals surface area (Å²) in [6.07, 6.45) is 4.14. The monoisotopic (exact) mass is 342 g/mol. The molecule has 0 saturated carbocycles. The molecular formula is C19H34O5. The Morgan fingerprint density at radius 2 is 1.92 bits per heavy atom. The Bertz CT molecular complexity index is 412. The average Bonchev–Trinajstić information content (AvgIpc) is 2.45. The molecule has 24 heavy (non-hydrogen) atoms. The molecule has 1 heterocycles. The maximum Gasteiger partial charge on any atom is 0.309 e. The van der Waals surface area contributed by atoms with Crippen LogP contribution in [0.5, 0.6) is 0 Å². The molecular weight excluding hydrogens is 308 g/mol. The molecule has 140 valence electrons. The molecule has 0 spiro atoms. The Morgan fingerprint density at radius 1 is 1.29 bits per heavy atom. The molecule has 0 radical (unpaired) electrons. The molecule has 1 aliphatic heterocycles. The van der Waals surface area contributed by atoms with Gasteiger partial charge in [-0.05, 0) is 52.9 Å². The molecule has 1 aliphatic rings. The number of cyclic esters (lactones) is 1. The van der Waals surface area contributed by atoms with Gasteiger partial charge in [-0.25, -0.2) is 0 Å². The molecule has 0 aromatic rings. The van der Waals surface area contributed by atoms with Gasteiger partial charge in [0.25, 0.3) is 0 Å². The Labute approximate surface area is 146 Å². The van der Waals surface area contributed by atoms with E-state index in [1.807, 2.05) is 20.8 Å². The molecule has 0 aromatic heterocycles. The fourth-order valence-corrected chi connectivity index (χ4v) is 3.27. The van der Waals surface area contributed by atoms with Gasteiger partial charge in [-0.2, -0.15) is 0 Å². The molecule has 1 N–H and O–H groups in total. The number of esters is 2. The minimum Gasteiger partial charge on any atom is -0.460 e. The lowest BCUT2D eigenvalue weighted by Gasteiger charge is -2.30. The Balaban J connectivity index is 2.71. The summed E-state index contributed by atoms with van der Waals surface area (Å²) in [7, 11) is 0. The van der Waals surface area contributed by atoms with E-state index in [-0.39, 0.29) is 18.3 Å². The molecule has 1 rings (SSSR count). The maximum atomic E-state index is 12.4. The third-order valence-electron chi connectivity index (χ3n) is 4.47. The SMILES string of the molecule is CCC[C@H]1CCCC[C@H](CC(=O)OC(C)(C)C)C(=O)O[C@@H](C)[C@@H]1O. The number of aliphatic hydroxyl groups excluding tert-OH is 1. The summed E-state index contributed by atoms with van der Waals surface area (Å²) in [6, 6.07) is 0. The molecule has 1 saturated heterocycles. The van der Waals surface area contributed by atoms with Gasteiger partial charge in [0.15, 0.2) is 0 Å². The van der Waals surface area contributed by atoms with Gasteiger partial charge >= 0.3 is 11.9 Å². The summed E-state index contributed by atoms with van der Waals surface area (Å²) in [6.45, 7) is 9.26. The Hall–Kier alpha value is -1.10. The smallest absolute Gasteiger partial charge is 0.309 e. The van der Waals surface area contributed by atoms with Gasteiger partial charge in [0.1, 0.15) is 11.7 Å². The molecule has 1 fully saturated rings. The highest BCUT2D eigenvalue weighted by molar-refractivity contribution is 5.80. The first-order valence-corrected chi connectivity index (χ1v) is 9.24. The number of rotatable bonds is 4. The summed E-state index contributed by atoms with van der Waals surface area (Å²) >= 11 is 0. The summed E-state index contributed by atoms with van der Waals surface area (Å²) < 4.78 is 10.8. The van der Waals surface area contributed by atoms with Crippen LogP contribution in [0.1, 0.15) is 79.6 Å².